The molecular formula is C11H12F2N2. The Bertz CT molecular complexity index is 399. The number of hydrogen-bond donors (Lipinski definition) is 1. The Morgan fingerprint density at radius 1 is 1.33 bits per heavy atom. The zero-order valence-electron chi connectivity index (χ0n) is 8.21. The Labute approximate surface area is 86.8 Å². The summed E-state index contributed by atoms with van der Waals surface area (Å²) >= 11 is 0. The third-order valence-electron chi connectivity index (χ3n) is 2.54. The van der Waals surface area contributed by atoms with Gasteiger partial charge in [0, 0.05) is 25.2 Å². The molecule has 4 heteroatoms. The highest BCUT2D eigenvalue weighted by atomic mass is 19.3. The average Bonchev–Trinajstić information content (AvgIpc) is 2.17. The number of allylic oxidation sites excluding steroid dienone is 2. The molecule has 0 radical (unpaired) electrons. The molecule has 15 heavy (non-hydrogen) atoms. The highest BCUT2D eigenvalue weighted by molar-refractivity contribution is 5.68. The number of nitrogens with two attached hydrogens (primary N) is 1. The van der Waals surface area contributed by atoms with E-state index in [9.17, 15) is 8.78 Å². The first-order chi connectivity index (χ1) is 7.07. The second kappa shape index (κ2) is 3.61. The lowest BCUT2D eigenvalue weighted by Gasteiger charge is -2.21. The summed E-state index contributed by atoms with van der Waals surface area (Å²) in [4.78, 5) is 3.94. The minimum Gasteiger partial charge on any atom is -0.397 e. The van der Waals surface area contributed by atoms with Gasteiger partial charge in [0.1, 0.15) is 0 Å². The second-order valence-corrected chi connectivity index (χ2v) is 3.80. The van der Waals surface area contributed by atoms with Crippen molar-refractivity contribution in [1.82, 2.24) is 4.98 Å². The van der Waals surface area contributed by atoms with Crippen molar-refractivity contribution in [2.45, 2.75) is 25.2 Å². The van der Waals surface area contributed by atoms with E-state index >= 15 is 0 Å². The van der Waals surface area contributed by atoms with Gasteiger partial charge in [-0.2, -0.15) is 0 Å². The fourth-order valence-electron chi connectivity index (χ4n) is 1.69. The lowest BCUT2D eigenvalue weighted by Crippen LogP contribution is -2.18. The molecule has 0 saturated heterocycles. The van der Waals surface area contributed by atoms with Crippen molar-refractivity contribution in [1.29, 1.82) is 0 Å². The number of aromatic nitrogens is 1. The van der Waals surface area contributed by atoms with Gasteiger partial charge in [-0.15, -0.1) is 0 Å². The molecule has 1 aromatic heterocycles. The summed E-state index contributed by atoms with van der Waals surface area (Å²) in [5.41, 5.74) is 7.91. The van der Waals surface area contributed by atoms with Crippen molar-refractivity contribution in [3.05, 3.63) is 30.1 Å². The van der Waals surface area contributed by atoms with Crippen LogP contribution in [-0.2, 0) is 0 Å². The second-order valence-electron chi connectivity index (χ2n) is 3.80. The van der Waals surface area contributed by atoms with Crippen molar-refractivity contribution < 1.29 is 8.78 Å². The average molecular weight is 210 g/mol. The number of nitrogen functional groups attached to an aromatic ring is 1. The summed E-state index contributed by atoms with van der Waals surface area (Å²) in [6, 6.07) is 1.77. The standard InChI is InChI=1S/C11H12F2N2/c12-11(13)3-1-8(2-4-11)9-5-10(14)7-15-6-9/h1,5-7H,2-4,14H2. The molecule has 0 unspecified atom stereocenters. The van der Waals surface area contributed by atoms with Crippen LogP contribution in [0.15, 0.2) is 24.5 Å². The van der Waals surface area contributed by atoms with Crippen LogP contribution < -0.4 is 5.73 Å². The Morgan fingerprint density at radius 3 is 2.73 bits per heavy atom. The van der Waals surface area contributed by atoms with Crippen LogP contribution in [0.2, 0.25) is 0 Å². The molecule has 0 amide bonds. The first-order valence-electron chi connectivity index (χ1n) is 4.85. The van der Waals surface area contributed by atoms with E-state index in [2.05, 4.69) is 4.98 Å². The summed E-state index contributed by atoms with van der Waals surface area (Å²) in [6.07, 6.45) is 4.90. The maximum Gasteiger partial charge on any atom is 0.251 e. The Kier molecular flexibility index (Phi) is 2.42. The first-order valence-corrected chi connectivity index (χ1v) is 4.85. The van der Waals surface area contributed by atoms with Crippen molar-refractivity contribution in [3.8, 4) is 0 Å². The van der Waals surface area contributed by atoms with E-state index in [0.29, 0.717) is 12.1 Å². The number of nitrogens with zero attached hydrogens (tertiary/aromatic N) is 1. The maximum atomic E-state index is 12.9. The molecular weight excluding hydrogens is 198 g/mol. The molecule has 0 aromatic carbocycles. The van der Waals surface area contributed by atoms with E-state index in [1.807, 2.05) is 0 Å². The molecule has 0 fully saturated rings. The van der Waals surface area contributed by atoms with Crippen LogP contribution in [-0.4, -0.2) is 10.9 Å². The number of anilines is 1. The van der Waals surface area contributed by atoms with Crippen molar-refractivity contribution >= 4 is 11.3 Å². The highest BCUT2D eigenvalue weighted by Gasteiger charge is 2.30. The monoisotopic (exact) mass is 210 g/mol. The number of pyridine rings is 1. The molecule has 0 saturated carbocycles. The van der Waals surface area contributed by atoms with E-state index in [4.69, 9.17) is 5.73 Å². The normalized spacial score (nSPS) is 19.7. The molecule has 0 aliphatic heterocycles. The molecule has 2 rings (SSSR count). The predicted molar refractivity (Wildman–Crippen MR) is 55.4 cm³/mol. The summed E-state index contributed by atoms with van der Waals surface area (Å²) in [5.74, 6) is -2.54. The van der Waals surface area contributed by atoms with Crippen LogP contribution in [0.3, 0.4) is 0 Å². The van der Waals surface area contributed by atoms with Crippen LogP contribution >= 0.6 is 0 Å². The van der Waals surface area contributed by atoms with E-state index in [0.717, 1.165) is 11.1 Å². The van der Waals surface area contributed by atoms with Gasteiger partial charge in [-0.05, 0) is 23.6 Å². The smallest absolute Gasteiger partial charge is 0.251 e. The van der Waals surface area contributed by atoms with Crippen molar-refractivity contribution in [2.75, 3.05) is 5.73 Å². The quantitative estimate of drug-likeness (QED) is 0.774. The van der Waals surface area contributed by atoms with Gasteiger partial charge in [0.25, 0.3) is 5.92 Å². The minimum absolute atomic E-state index is 0.0897. The van der Waals surface area contributed by atoms with Crippen LogP contribution in [0.25, 0.3) is 5.57 Å². The Morgan fingerprint density at radius 2 is 2.13 bits per heavy atom. The molecule has 0 bridgehead atoms. The molecule has 0 atom stereocenters. The molecule has 1 aliphatic carbocycles. The third-order valence-corrected chi connectivity index (χ3v) is 2.54. The van der Waals surface area contributed by atoms with Gasteiger partial charge in [-0.25, -0.2) is 8.78 Å². The van der Waals surface area contributed by atoms with E-state index in [1.54, 1.807) is 24.5 Å². The number of rotatable bonds is 1. The Hall–Kier alpha value is -1.45. The van der Waals surface area contributed by atoms with Gasteiger partial charge in [-0.1, -0.05) is 6.08 Å². The summed E-state index contributed by atoms with van der Waals surface area (Å²) in [7, 11) is 0. The fraction of sp³-hybridized carbons (Fsp3) is 0.364. The van der Waals surface area contributed by atoms with E-state index in [-0.39, 0.29) is 12.8 Å². The number of halogens is 2. The van der Waals surface area contributed by atoms with Crippen molar-refractivity contribution in [2.24, 2.45) is 0 Å². The lowest BCUT2D eigenvalue weighted by atomic mass is 9.92. The van der Waals surface area contributed by atoms with Crippen LogP contribution in [0.5, 0.6) is 0 Å². The molecule has 1 aromatic rings. The lowest BCUT2D eigenvalue weighted by molar-refractivity contribution is -0.00602. The van der Waals surface area contributed by atoms with Crippen LogP contribution in [0.1, 0.15) is 24.8 Å². The zero-order valence-corrected chi connectivity index (χ0v) is 8.21. The van der Waals surface area contributed by atoms with Crippen molar-refractivity contribution in [3.63, 3.8) is 0 Å². The van der Waals surface area contributed by atoms with Gasteiger partial charge in [-0.3, -0.25) is 4.98 Å². The van der Waals surface area contributed by atoms with E-state index in [1.165, 1.54) is 0 Å². The minimum atomic E-state index is -2.54. The third kappa shape index (κ3) is 2.32. The first kappa shape index (κ1) is 10.1. The summed E-state index contributed by atoms with van der Waals surface area (Å²) in [5, 5.41) is 0. The zero-order chi connectivity index (χ0) is 10.9. The van der Waals surface area contributed by atoms with Gasteiger partial charge >= 0.3 is 0 Å². The summed E-state index contributed by atoms with van der Waals surface area (Å²) < 4.78 is 25.8. The fourth-order valence-corrected chi connectivity index (χ4v) is 1.69. The molecule has 2 nitrogen and oxygen atoms in total. The largest absolute Gasteiger partial charge is 0.397 e. The van der Waals surface area contributed by atoms with Gasteiger partial charge in [0.2, 0.25) is 0 Å². The molecule has 80 valence electrons. The predicted octanol–water partition coefficient (Wildman–Crippen LogP) is 2.87. The molecule has 1 aliphatic rings. The molecule has 2 N–H and O–H groups in total. The Balaban J connectivity index is 2.23. The molecule has 0 spiro atoms. The SMILES string of the molecule is Nc1cncc(C2=CCC(F)(F)CC2)c1. The maximum absolute atomic E-state index is 12.9. The van der Waals surface area contributed by atoms with E-state index < -0.39 is 5.92 Å². The van der Waals surface area contributed by atoms with Crippen LogP contribution in [0, 0.1) is 0 Å². The molecule has 1 heterocycles. The van der Waals surface area contributed by atoms with Gasteiger partial charge in [0.15, 0.2) is 0 Å². The van der Waals surface area contributed by atoms with Gasteiger partial charge in [0.05, 0.1) is 5.69 Å². The summed E-state index contributed by atoms with van der Waals surface area (Å²) in [6.45, 7) is 0. The number of alkyl halides is 2. The topological polar surface area (TPSA) is 38.9 Å². The highest BCUT2D eigenvalue weighted by Crippen LogP contribution is 2.36. The number of hydrogen-bond acceptors (Lipinski definition) is 2. The van der Waals surface area contributed by atoms with Crippen LogP contribution in [0.4, 0.5) is 14.5 Å². The van der Waals surface area contributed by atoms with Gasteiger partial charge < -0.3 is 5.73 Å².